The smallest absolute Gasteiger partial charge is 0.356 e. The molecule has 1 aromatic carbocycles. The number of piperidine rings is 1. The average Bonchev–Trinajstić information content (AvgIpc) is 2.95. The molecule has 1 aromatic heterocycles. The molecule has 2 aliphatic heterocycles. The normalized spacial score (nSPS) is 17.4. The van der Waals surface area contributed by atoms with Crippen molar-refractivity contribution in [3.05, 3.63) is 47.3 Å². The fourth-order valence-corrected chi connectivity index (χ4v) is 5.36. The first kappa shape index (κ1) is 32.7. The lowest BCUT2D eigenvalue weighted by atomic mass is 9.93. The second-order valence-electron chi connectivity index (χ2n) is 10.6. The van der Waals surface area contributed by atoms with E-state index in [4.69, 9.17) is 9.81 Å². The molecule has 3 amide bonds. The van der Waals surface area contributed by atoms with E-state index in [-0.39, 0.29) is 30.0 Å². The summed E-state index contributed by atoms with van der Waals surface area (Å²) in [7, 11) is -4.33. The highest BCUT2D eigenvalue weighted by Crippen LogP contribution is 2.34. The number of hydrogen-bond acceptors (Lipinski definition) is 9. The number of anilines is 2. The third kappa shape index (κ3) is 9.16. The van der Waals surface area contributed by atoms with E-state index in [1.165, 1.54) is 6.07 Å². The van der Waals surface area contributed by atoms with Crippen molar-refractivity contribution in [1.29, 1.82) is 5.26 Å². The number of urea groups is 1. The molecule has 238 valence electrons. The molecule has 0 spiro atoms. The number of nitriles is 1. The molecule has 3 heterocycles. The minimum atomic E-state index is -4.78. The molecule has 17 heteroatoms. The fraction of sp³-hybridized carbons (Fsp3) is 0.519. The van der Waals surface area contributed by atoms with Crippen molar-refractivity contribution in [2.24, 2.45) is 5.92 Å². The van der Waals surface area contributed by atoms with E-state index in [0.717, 1.165) is 5.56 Å². The monoisotopic (exact) mass is 638 g/mol. The lowest BCUT2D eigenvalue weighted by molar-refractivity contribution is -0.144. The average molecular weight is 639 g/mol. The van der Waals surface area contributed by atoms with E-state index in [2.05, 4.69) is 20.6 Å². The van der Waals surface area contributed by atoms with Crippen LogP contribution in [-0.2, 0) is 27.5 Å². The van der Waals surface area contributed by atoms with Crippen molar-refractivity contribution in [2.75, 3.05) is 48.4 Å². The Morgan fingerprint density at radius 1 is 1.00 bits per heavy atom. The Hall–Kier alpha value is -4.17. The maximum atomic E-state index is 13.8. The van der Waals surface area contributed by atoms with Crippen LogP contribution in [0.1, 0.15) is 42.6 Å². The lowest BCUT2D eigenvalue weighted by Crippen LogP contribution is -2.57. The summed E-state index contributed by atoms with van der Waals surface area (Å²) in [5.74, 6) is -2.16. The number of carbonyl (C=O) groups is 2. The van der Waals surface area contributed by atoms with Crippen molar-refractivity contribution in [2.45, 2.75) is 44.3 Å². The molecule has 4 N–H and O–H groups in total. The molecule has 2 aromatic rings. The number of hydrogen-bond donors (Lipinski definition) is 4. The minimum Gasteiger partial charge on any atom is -0.356 e. The van der Waals surface area contributed by atoms with Gasteiger partial charge in [-0.3, -0.25) is 9.35 Å². The Bertz CT molecular complexity index is 1480. The highest BCUT2D eigenvalue weighted by molar-refractivity contribution is 7.85. The van der Waals surface area contributed by atoms with Gasteiger partial charge in [0.05, 0.1) is 11.6 Å². The fourth-order valence-electron chi connectivity index (χ4n) is 5.05. The number of amides is 3. The van der Waals surface area contributed by atoms with Crippen molar-refractivity contribution >= 4 is 33.7 Å². The quantitative estimate of drug-likeness (QED) is 0.266. The predicted octanol–water partition coefficient (Wildman–Crippen LogP) is 2.06. The van der Waals surface area contributed by atoms with Gasteiger partial charge in [-0.1, -0.05) is 12.1 Å². The molecule has 0 saturated carbocycles. The molecule has 1 atom stereocenters. The number of nitrogens with zero attached hydrogens (tertiary/aromatic N) is 5. The Labute approximate surface area is 252 Å². The number of alkyl halides is 3. The van der Waals surface area contributed by atoms with Crippen molar-refractivity contribution in [3.8, 4) is 6.07 Å². The third-order valence-corrected chi connectivity index (χ3v) is 8.07. The van der Waals surface area contributed by atoms with Gasteiger partial charge in [0.2, 0.25) is 11.7 Å². The van der Waals surface area contributed by atoms with Crippen LogP contribution in [0.4, 0.5) is 29.6 Å². The predicted molar refractivity (Wildman–Crippen MR) is 153 cm³/mol. The van der Waals surface area contributed by atoms with Crippen LogP contribution in [0.3, 0.4) is 0 Å². The number of carbonyl (C=O) groups excluding carboxylic acids is 2. The Morgan fingerprint density at radius 2 is 1.68 bits per heavy atom. The van der Waals surface area contributed by atoms with Gasteiger partial charge in [0.25, 0.3) is 10.1 Å². The molecule has 2 aliphatic rings. The summed E-state index contributed by atoms with van der Waals surface area (Å²) in [4.78, 5) is 35.4. The molecule has 0 radical (unpaired) electrons. The minimum absolute atomic E-state index is 0.0306. The first-order chi connectivity index (χ1) is 20.8. The largest absolute Gasteiger partial charge is 0.451 e. The van der Waals surface area contributed by atoms with Gasteiger partial charge in [0, 0.05) is 38.8 Å². The molecule has 44 heavy (non-hydrogen) atoms. The Balaban J connectivity index is 1.32. The Kier molecular flexibility index (Phi) is 10.5. The molecular formula is C27H33F3N8O5S. The first-order valence-electron chi connectivity index (χ1n) is 14.0. The second-order valence-corrected chi connectivity index (χ2v) is 12.1. The second kappa shape index (κ2) is 14.1. The summed E-state index contributed by atoms with van der Waals surface area (Å²) in [6.07, 6.45) is -1.95. The summed E-state index contributed by atoms with van der Waals surface area (Å²) in [5, 5.41) is 16.3. The zero-order chi connectivity index (χ0) is 31.9. The number of nitrogens with one attached hydrogen (secondary N) is 3. The van der Waals surface area contributed by atoms with Crippen LogP contribution in [0.25, 0.3) is 0 Å². The van der Waals surface area contributed by atoms with Gasteiger partial charge in [-0.2, -0.15) is 26.9 Å². The SMILES string of the molecule is N#Cc1ccc(CCNC(=O)C2CCN2c2cc(N3CCC(CCNC(=O)NCS(=O)(=O)O)CC3)nc(C(F)(F)F)n2)cc1. The molecule has 2 saturated heterocycles. The molecule has 0 bridgehead atoms. The molecule has 1 unspecified atom stereocenters. The van der Waals surface area contributed by atoms with Crippen LogP contribution in [0.5, 0.6) is 0 Å². The zero-order valence-electron chi connectivity index (χ0n) is 23.7. The van der Waals surface area contributed by atoms with Crippen molar-refractivity contribution in [3.63, 3.8) is 0 Å². The standard InChI is InChI=1S/C27H33F3N8O5S/c28-27(29,30)25-35-22(37-12-7-19(8-13-37)6-11-33-26(40)34-17-44(41,42)43)15-23(36-25)38-14-9-21(38)24(39)32-10-5-18-1-3-20(16-31)4-2-18/h1-4,15,19,21H,5-14,17H2,(H,32,39)(H2,33,34,40)(H,41,42,43). The van der Waals surface area contributed by atoms with Gasteiger partial charge in [0.15, 0.2) is 0 Å². The topological polar surface area (TPSA) is 181 Å². The van der Waals surface area contributed by atoms with E-state index in [1.807, 2.05) is 11.4 Å². The van der Waals surface area contributed by atoms with Crippen LogP contribution in [0.15, 0.2) is 30.3 Å². The molecule has 0 aliphatic carbocycles. The van der Waals surface area contributed by atoms with Crippen LogP contribution in [0, 0.1) is 17.2 Å². The van der Waals surface area contributed by atoms with Crippen LogP contribution >= 0.6 is 0 Å². The number of aromatic nitrogens is 2. The summed E-state index contributed by atoms with van der Waals surface area (Å²) in [6, 6.07) is 9.11. The highest BCUT2D eigenvalue weighted by Gasteiger charge is 2.40. The highest BCUT2D eigenvalue weighted by atomic mass is 32.2. The number of rotatable bonds is 11. The van der Waals surface area contributed by atoms with Crippen LogP contribution in [0.2, 0.25) is 0 Å². The van der Waals surface area contributed by atoms with Crippen LogP contribution in [-0.4, -0.2) is 79.5 Å². The maximum absolute atomic E-state index is 13.8. The van der Waals surface area contributed by atoms with E-state index in [0.29, 0.717) is 63.8 Å². The zero-order valence-corrected chi connectivity index (χ0v) is 24.5. The summed E-state index contributed by atoms with van der Waals surface area (Å²) < 4.78 is 71.4. The summed E-state index contributed by atoms with van der Waals surface area (Å²) >= 11 is 0. The van der Waals surface area contributed by atoms with Gasteiger partial charge < -0.3 is 25.8 Å². The van der Waals surface area contributed by atoms with Gasteiger partial charge in [-0.05, 0) is 55.7 Å². The molecule has 13 nitrogen and oxygen atoms in total. The van der Waals surface area contributed by atoms with Crippen molar-refractivity contribution in [1.82, 2.24) is 25.9 Å². The number of benzene rings is 1. The van der Waals surface area contributed by atoms with Crippen LogP contribution < -0.4 is 25.8 Å². The van der Waals surface area contributed by atoms with Gasteiger partial charge in [-0.25, -0.2) is 14.8 Å². The molecular weight excluding hydrogens is 605 g/mol. The summed E-state index contributed by atoms with van der Waals surface area (Å²) in [5.41, 5.74) is 1.47. The maximum Gasteiger partial charge on any atom is 0.451 e. The summed E-state index contributed by atoms with van der Waals surface area (Å²) in [6.45, 7) is 1.80. The van der Waals surface area contributed by atoms with Gasteiger partial charge >= 0.3 is 12.2 Å². The van der Waals surface area contributed by atoms with E-state index in [9.17, 15) is 31.2 Å². The van der Waals surface area contributed by atoms with Gasteiger partial charge in [0.1, 0.15) is 23.6 Å². The number of halogens is 3. The van der Waals surface area contributed by atoms with Gasteiger partial charge in [-0.15, -0.1) is 0 Å². The van der Waals surface area contributed by atoms with E-state index < -0.39 is 40.1 Å². The lowest BCUT2D eigenvalue weighted by Gasteiger charge is -2.41. The molecule has 2 fully saturated rings. The first-order valence-corrected chi connectivity index (χ1v) is 15.6. The van der Waals surface area contributed by atoms with E-state index in [1.54, 1.807) is 34.1 Å². The molecule has 4 rings (SSSR count). The third-order valence-electron chi connectivity index (χ3n) is 7.56. The Morgan fingerprint density at radius 3 is 2.27 bits per heavy atom. The van der Waals surface area contributed by atoms with E-state index >= 15 is 0 Å². The van der Waals surface area contributed by atoms with Crippen molar-refractivity contribution < 1.29 is 35.7 Å².